The first kappa shape index (κ1) is 15.7. The number of carboxylic acid groups (broad SMARTS) is 1. The smallest absolute Gasteiger partial charge is 0.354 e. The largest absolute Gasteiger partial charge is 0.542 e. The molecule has 1 rings (SSSR count). The van der Waals surface area contributed by atoms with Crippen LogP contribution >= 0.6 is 0 Å². The van der Waals surface area contributed by atoms with Crippen molar-refractivity contribution in [1.29, 1.82) is 0 Å². The molecule has 1 heterocycles. The molecule has 0 saturated carbocycles. The molecule has 5 heteroatoms. The zero-order valence-corrected chi connectivity index (χ0v) is 13.8. The Morgan fingerprint density at radius 3 is 2.21 bits per heavy atom. The molecule has 0 atom stereocenters. The van der Waals surface area contributed by atoms with E-state index < -0.39 is 14.3 Å². The summed E-state index contributed by atoms with van der Waals surface area (Å²) in [7, 11) is -1.93. The molecule has 0 fully saturated rings. The summed E-state index contributed by atoms with van der Waals surface area (Å²) in [6, 6.07) is 0. The van der Waals surface area contributed by atoms with Crippen LogP contribution in [0.5, 0.6) is 5.75 Å². The van der Waals surface area contributed by atoms with Crippen molar-refractivity contribution in [1.82, 2.24) is 4.98 Å². The molecule has 0 aliphatic heterocycles. The average Bonchev–Trinajstić information content (AvgIpc) is 2.22. The van der Waals surface area contributed by atoms with Gasteiger partial charge in [0.2, 0.25) is 0 Å². The molecule has 0 saturated heterocycles. The summed E-state index contributed by atoms with van der Waals surface area (Å²) < 4.78 is 6.20. The summed E-state index contributed by atoms with van der Waals surface area (Å²) >= 11 is 0. The maximum absolute atomic E-state index is 11.0. The number of rotatable bonds is 3. The van der Waals surface area contributed by atoms with Crippen molar-refractivity contribution in [2.45, 2.75) is 52.8 Å². The van der Waals surface area contributed by atoms with Crippen LogP contribution in [0.4, 0.5) is 0 Å². The van der Waals surface area contributed by atoms with E-state index in [0.717, 1.165) is 5.56 Å². The zero-order valence-electron chi connectivity index (χ0n) is 12.8. The minimum absolute atomic E-state index is 0.0960. The van der Waals surface area contributed by atoms with E-state index in [2.05, 4.69) is 38.8 Å². The van der Waals surface area contributed by atoms with Crippen molar-refractivity contribution in [2.75, 3.05) is 0 Å². The van der Waals surface area contributed by atoms with E-state index in [4.69, 9.17) is 9.53 Å². The van der Waals surface area contributed by atoms with Gasteiger partial charge in [0.25, 0.3) is 8.32 Å². The van der Waals surface area contributed by atoms with Crippen molar-refractivity contribution in [2.24, 2.45) is 0 Å². The third-order valence-electron chi connectivity index (χ3n) is 3.97. The Hall–Kier alpha value is -1.36. The van der Waals surface area contributed by atoms with E-state index in [1.54, 1.807) is 6.92 Å². The van der Waals surface area contributed by atoms with E-state index in [1.807, 2.05) is 6.92 Å². The predicted octanol–water partition coefficient (Wildman–Crippen LogP) is 3.78. The Bertz CT molecular complexity index is 504. The minimum Gasteiger partial charge on any atom is -0.542 e. The van der Waals surface area contributed by atoms with Gasteiger partial charge in [-0.1, -0.05) is 20.8 Å². The summed E-state index contributed by atoms with van der Waals surface area (Å²) in [6.07, 6.45) is 1.53. The highest BCUT2D eigenvalue weighted by Gasteiger charge is 2.39. The van der Waals surface area contributed by atoms with Gasteiger partial charge in [0.1, 0.15) is 5.75 Å². The molecular weight excluding hydrogens is 258 g/mol. The summed E-state index contributed by atoms with van der Waals surface area (Å²) in [5, 5.41) is 9.14. The van der Waals surface area contributed by atoms with Crippen LogP contribution in [-0.2, 0) is 0 Å². The Morgan fingerprint density at radius 1 is 1.26 bits per heavy atom. The maximum Gasteiger partial charge on any atom is 0.354 e. The van der Waals surface area contributed by atoms with Gasteiger partial charge in [-0.15, -0.1) is 0 Å². The van der Waals surface area contributed by atoms with Crippen LogP contribution in [0.3, 0.4) is 0 Å². The standard InChI is InChI=1S/C14H23NO3Si/c1-9-10(2)12(13(16)17)15-8-11(9)18-19(6,7)14(3,4)5/h8H,1-7H3,(H,16,17). The van der Waals surface area contributed by atoms with Gasteiger partial charge >= 0.3 is 5.97 Å². The first-order valence-corrected chi connectivity index (χ1v) is 9.26. The molecular formula is C14H23NO3Si. The highest BCUT2D eigenvalue weighted by Crippen LogP contribution is 2.38. The lowest BCUT2D eigenvalue weighted by atomic mass is 10.1. The zero-order chi connectivity index (χ0) is 15.0. The number of hydrogen-bond acceptors (Lipinski definition) is 3. The lowest BCUT2D eigenvalue weighted by Crippen LogP contribution is -2.44. The topological polar surface area (TPSA) is 59.4 Å². The number of carboxylic acids is 1. The fraction of sp³-hybridized carbons (Fsp3) is 0.571. The third-order valence-corrected chi connectivity index (χ3v) is 8.31. The fourth-order valence-electron chi connectivity index (χ4n) is 1.43. The molecule has 1 N–H and O–H groups in total. The molecule has 0 spiro atoms. The third kappa shape index (κ3) is 3.15. The van der Waals surface area contributed by atoms with E-state index in [0.29, 0.717) is 11.3 Å². The van der Waals surface area contributed by atoms with Crippen LogP contribution in [0.15, 0.2) is 6.20 Å². The molecule has 1 aromatic heterocycles. The average molecular weight is 281 g/mol. The second kappa shape index (κ2) is 4.96. The van der Waals surface area contributed by atoms with Gasteiger partial charge in [-0.3, -0.25) is 0 Å². The van der Waals surface area contributed by atoms with E-state index in [-0.39, 0.29) is 10.7 Å². The van der Waals surface area contributed by atoms with E-state index in [9.17, 15) is 4.79 Å². The van der Waals surface area contributed by atoms with Crippen molar-refractivity contribution in [3.05, 3.63) is 23.0 Å². The van der Waals surface area contributed by atoms with Gasteiger partial charge in [-0.25, -0.2) is 9.78 Å². The second-order valence-corrected chi connectivity index (χ2v) is 11.1. The molecule has 0 bridgehead atoms. The molecule has 0 aromatic carbocycles. The van der Waals surface area contributed by atoms with Crippen molar-refractivity contribution >= 4 is 14.3 Å². The highest BCUT2D eigenvalue weighted by molar-refractivity contribution is 6.74. The molecule has 0 aliphatic carbocycles. The molecule has 0 aliphatic rings. The van der Waals surface area contributed by atoms with Gasteiger partial charge in [0.05, 0.1) is 6.20 Å². The molecule has 1 aromatic rings. The van der Waals surface area contributed by atoms with E-state index in [1.165, 1.54) is 6.20 Å². The Labute approximate surface area is 116 Å². The highest BCUT2D eigenvalue weighted by atomic mass is 28.4. The van der Waals surface area contributed by atoms with Crippen molar-refractivity contribution in [3.63, 3.8) is 0 Å². The summed E-state index contributed by atoms with van der Waals surface area (Å²) in [4.78, 5) is 15.0. The molecule has 19 heavy (non-hydrogen) atoms. The Balaban J connectivity index is 3.19. The van der Waals surface area contributed by atoms with Gasteiger partial charge in [-0.05, 0) is 43.1 Å². The van der Waals surface area contributed by atoms with Crippen LogP contribution in [0.25, 0.3) is 0 Å². The predicted molar refractivity (Wildman–Crippen MR) is 78.5 cm³/mol. The van der Waals surface area contributed by atoms with Gasteiger partial charge < -0.3 is 9.53 Å². The van der Waals surface area contributed by atoms with Crippen LogP contribution in [0, 0.1) is 13.8 Å². The number of nitrogens with zero attached hydrogens (tertiary/aromatic N) is 1. The lowest BCUT2D eigenvalue weighted by molar-refractivity contribution is 0.0689. The molecule has 0 radical (unpaired) electrons. The minimum atomic E-state index is -1.93. The number of aromatic nitrogens is 1. The quantitative estimate of drug-likeness (QED) is 0.857. The summed E-state index contributed by atoms with van der Waals surface area (Å²) in [5.41, 5.74) is 1.63. The fourth-order valence-corrected chi connectivity index (χ4v) is 2.49. The number of hydrogen-bond donors (Lipinski definition) is 1. The maximum atomic E-state index is 11.0. The number of pyridine rings is 1. The van der Waals surface area contributed by atoms with E-state index >= 15 is 0 Å². The van der Waals surface area contributed by atoms with Crippen molar-refractivity contribution < 1.29 is 14.3 Å². The molecule has 0 unspecified atom stereocenters. The molecule has 106 valence electrons. The van der Waals surface area contributed by atoms with Crippen molar-refractivity contribution in [3.8, 4) is 5.75 Å². The van der Waals surface area contributed by atoms with Gasteiger partial charge in [0.15, 0.2) is 5.69 Å². The van der Waals surface area contributed by atoms with Gasteiger partial charge in [0, 0.05) is 0 Å². The Morgan fingerprint density at radius 2 is 1.79 bits per heavy atom. The Kier molecular flexibility index (Phi) is 4.10. The second-order valence-electron chi connectivity index (χ2n) is 6.39. The van der Waals surface area contributed by atoms with Crippen LogP contribution in [0.1, 0.15) is 42.4 Å². The first-order chi connectivity index (χ1) is 8.47. The lowest BCUT2D eigenvalue weighted by Gasteiger charge is -2.36. The SMILES string of the molecule is Cc1c(O[Si](C)(C)C(C)(C)C)cnc(C(=O)O)c1C. The first-order valence-electron chi connectivity index (χ1n) is 6.36. The van der Waals surface area contributed by atoms with Gasteiger partial charge in [-0.2, -0.15) is 0 Å². The normalized spacial score (nSPS) is 12.4. The number of aromatic carboxylic acids is 1. The monoisotopic (exact) mass is 281 g/mol. The summed E-state index contributed by atoms with van der Waals surface area (Å²) in [6.45, 7) is 14.5. The van der Waals surface area contributed by atoms with Crippen LogP contribution in [0.2, 0.25) is 18.1 Å². The number of carbonyl (C=O) groups is 1. The molecule has 0 amide bonds. The van der Waals surface area contributed by atoms with Crippen LogP contribution in [-0.4, -0.2) is 24.4 Å². The summed E-state index contributed by atoms with van der Waals surface area (Å²) in [5.74, 6) is -0.298. The van der Waals surface area contributed by atoms with Crippen LogP contribution < -0.4 is 4.43 Å². The molecule has 4 nitrogen and oxygen atoms in total.